The summed E-state index contributed by atoms with van der Waals surface area (Å²) >= 11 is 0. The van der Waals surface area contributed by atoms with Gasteiger partial charge in [0.1, 0.15) is 18.2 Å². The molecule has 0 saturated heterocycles. The zero-order valence-electron chi connectivity index (χ0n) is 17.5. The van der Waals surface area contributed by atoms with Gasteiger partial charge in [-0.05, 0) is 37.8 Å². The van der Waals surface area contributed by atoms with Crippen molar-refractivity contribution in [1.29, 1.82) is 0 Å². The third kappa shape index (κ3) is 5.11. The van der Waals surface area contributed by atoms with E-state index in [4.69, 9.17) is 9.73 Å². The number of halogens is 2. The van der Waals surface area contributed by atoms with Gasteiger partial charge in [0, 0.05) is 31.5 Å². The lowest BCUT2D eigenvalue weighted by molar-refractivity contribution is 0.177. The summed E-state index contributed by atoms with van der Waals surface area (Å²) in [5.74, 6) is 2.38. The lowest BCUT2D eigenvalue weighted by Crippen LogP contribution is -2.47. The minimum absolute atomic E-state index is 0. The van der Waals surface area contributed by atoms with Gasteiger partial charge in [0.15, 0.2) is 11.8 Å². The molecule has 1 aliphatic carbocycles. The molecule has 0 radical (unpaired) electrons. The van der Waals surface area contributed by atoms with Crippen molar-refractivity contribution in [3.05, 3.63) is 47.3 Å². The van der Waals surface area contributed by atoms with Gasteiger partial charge in [-0.2, -0.15) is 5.10 Å². The summed E-state index contributed by atoms with van der Waals surface area (Å²) in [4.78, 5) is 9.34. The molecule has 1 saturated carbocycles. The second kappa shape index (κ2) is 10.0. The number of methoxy groups -OCH3 is 1. The fourth-order valence-electron chi connectivity index (χ4n) is 3.97. The molecule has 164 valence electrons. The van der Waals surface area contributed by atoms with Crippen molar-refractivity contribution in [3.63, 3.8) is 0 Å². The van der Waals surface area contributed by atoms with Crippen molar-refractivity contribution in [2.24, 2.45) is 4.99 Å². The number of rotatable bonds is 7. The highest BCUT2D eigenvalue weighted by Crippen LogP contribution is 2.49. The van der Waals surface area contributed by atoms with Crippen LogP contribution >= 0.6 is 24.0 Å². The summed E-state index contributed by atoms with van der Waals surface area (Å²) in [5, 5.41) is 11.4. The van der Waals surface area contributed by atoms with Crippen LogP contribution in [0.2, 0.25) is 0 Å². The van der Waals surface area contributed by atoms with Gasteiger partial charge < -0.3 is 15.4 Å². The molecule has 0 spiro atoms. The van der Waals surface area contributed by atoms with Gasteiger partial charge in [-0.1, -0.05) is 18.2 Å². The summed E-state index contributed by atoms with van der Waals surface area (Å²) in [6.07, 6.45) is 3.79. The van der Waals surface area contributed by atoms with E-state index in [1.54, 1.807) is 13.2 Å². The number of ether oxygens (including phenoxy) is 1. The number of aliphatic imine (C=N–C) groups is 1. The van der Waals surface area contributed by atoms with Crippen LogP contribution in [0.25, 0.3) is 0 Å². The zero-order chi connectivity index (χ0) is 20.3. The van der Waals surface area contributed by atoms with Crippen molar-refractivity contribution in [2.45, 2.75) is 57.2 Å². The maximum absolute atomic E-state index is 14.3. The van der Waals surface area contributed by atoms with Crippen molar-refractivity contribution in [3.8, 4) is 0 Å². The number of aromatic nitrogens is 3. The van der Waals surface area contributed by atoms with Crippen LogP contribution in [0.1, 0.15) is 43.4 Å². The summed E-state index contributed by atoms with van der Waals surface area (Å²) in [6.45, 7) is 4.59. The number of benzene rings is 1. The first-order valence-electron chi connectivity index (χ1n) is 10.3. The van der Waals surface area contributed by atoms with Gasteiger partial charge >= 0.3 is 0 Å². The average molecular weight is 528 g/mol. The summed E-state index contributed by atoms with van der Waals surface area (Å²) in [5.41, 5.74) is 0.629. The van der Waals surface area contributed by atoms with Gasteiger partial charge in [0.25, 0.3) is 0 Å². The second-order valence-electron chi connectivity index (χ2n) is 7.89. The van der Waals surface area contributed by atoms with Crippen molar-refractivity contribution >= 4 is 29.9 Å². The molecular formula is C21H30FIN6O. The largest absolute Gasteiger partial charge is 0.377 e. The SMILES string of the molecule is CCNC(=NCC1(c2ccccc2F)CC1)NC1CCc2nc(COC)nn2C1.I. The molecule has 2 aromatic rings. The van der Waals surface area contributed by atoms with Gasteiger partial charge in [-0.15, -0.1) is 24.0 Å². The molecule has 1 aromatic carbocycles. The van der Waals surface area contributed by atoms with Crippen LogP contribution in [-0.2, 0) is 29.7 Å². The first-order chi connectivity index (χ1) is 14.1. The Morgan fingerprint density at radius 3 is 2.87 bits per heavy atom. The number of nitrogens with zero attached hydrogens (tertiary/aromatic N) is 4. The smallest absolute Gasteiger partial charge is 0.191 e. The van der Waals surface area contributed by atoms with E-state index in [0.717, 1.165) is 61.9 Å². The molecule has 9 heteroatoms. The molecule has 7 nitrogen and oxygen atoms in total. The summed E-state index contributed by atoms with van der Waals surface area (Å²) in [7, 11) is 1.65. The highest BCUT2D eigenvalue weighted by molar-refractivity contribution is 14.0. The van der Waals surface area contributed by atoms with Gasteiger partial charge in [-0.25, -0.2) is 14.1 Å². The van der Waals surface area contributed by atoms with E-state index in [0.29, 0.717) is 13.2 Å². The number of guanidine groups is 1. The first-order valence-corrected chi connectivity index (χ1v) is 10.3. The van der Waals surface area contributed by atoms with Crippen molar-refractivity contribution in [2.75, 3.05) is 20.2 Å². The third-order valence-corrected chi connectivity index (χ3v) is 5.70. The highest BCUT2D eigenvalue weighted by atomic mass is 127. The van der Waals surface area contributed by atoms with E-state index >= 15 is 0 Å². The summed E-state index contributed by atoms with van der Waals surface area (Å²) in [6, 6.07) is 7.30. The van der Waals surface area contributed by atoms with E-state index in [2.05, 4.69) is 20.7 Å². The fourth-order valence-corrected chi connectivity index (χ4v) is 3.97. The fraction of sp³-hybridized carbons (Fsp3) is 0.571. The van der Waals surface area contributed by atoms with Crippen LogP contribution in [0, 0.1) is 5.82 Å². The molecule has 0 amide bonds. The zero-order valence-corrected chi connectivity index (χ0v) is 19.9. The van der Waals surface area contributed by atoms with Crippen molar-refractivity contribution < 1.29 is 9.13 Å². The monoisotopic (exact) mass is 528 g/mol. The Morgan fingerprint density at radius 2 is 2.17 bits per heavy atom. The molecule has 0 bridgehead atoms. The predicted molar refractivity (Wildman–Crippen MR) is 125 cm³/mol. The quantitative estimate of drug-likeness (QED) is 0.329. The Labute approximate surface area is 193 Å². The van der Waals surface area contributed by atoms with Crippen LogP contribution in [0.15, 0.2) is 29.3 Å². The minimum Gasteiger partial charge on any atom is -0.377 e. The lowest BCUT2D eigenvalue weighted by Gasteiger charge is -2.25. The Bertz CT molecular complexity index is 882. The maximum Gasteiger partial charge on any atom is 0.191 e. The number of aryl methyl sites for hydroxylation is 1. The average Bonchev–Trinajstić information content (AvgIpc) is 3.39. The molecular weight excluding hydrogens is 498 g/mol. The number of hydrogen-bond donors (Lipinski definition) is 2. The van der Waals surface area contributed by atoms with Crippen LogP contribution in [-0.4, -0.2) is 47.0 Å². The topological polar surface area (TPSA) is 76.4 Å². The van der Waals surface area contributed by atoms with Crippen LogP contribution in [0.3, 0.4) is 0 Å². The molecule has 30 heavy (non-hydrogen) atoms. The Morgan fingerprint density at radius 1 is 1.37 bits per heavy atom. The number of fused-ring (bicyclic) bond motifs is 1. The van der Waals surface area contributed by atoms with E-state index in [1.807, 2.05) is 23.7 Å². The van der Waals surface area contributed by atoms with Crippen molar-refractivity contribution in [1.82, 2.24) is 25.4 Å². The van der Waals surface area contributed by atoms with E-state index in [9.17, 15) is 4.39 Å². The Hall–Kier alpha value is -1.75. The minimum atomic E-state index is -0.158. The van der Waals surface area contributed by atoms with E-state index < -0.39 is 0 Å². The predicted octanol–water partition coefficient (Wildman–Crippen LogP) is 2.78. The Balaban J connectivity index is 0.00000256. The Kier molecular flexibility index (Phi) is 7.67. The summed E-state index contributed by atoms with van der Waals surface area (Å²) < 4.78 is 21.4. The maximum atomic E-state index is 14.3. The molecule has 2 aliphatic rings. The van der Waals surface area contributed by atoms with Gasteiger partial charge in [0.05, 0.1) is 13.1 Å². The van der Waals surface area contributed by atoms with E-state index in [-0.39, 0.29) is 41.3 Å². The molecule has 4 rings (SSSR count). The van der Waals surface area contributed by atoms with Gasteiger partial charge in [-0.3, -0.25) is 4.99 Å². The van der Waals surface area contributed by atoms with Crippen LogP contribution < -0.4 is 10.6 Å². The number of nitrogens with one attached hydrogen (secondary N) is 2. The van der Waals surface area contributed by atoms with Crippen LogP contribution in [0.5, 0.6) is 0 Å². The van der Waals surface area contributed by atoms with Crippen LogP contribution in [0.4, 0.5) is 4.39 Å². The number of hydrogen-bond acceptors (Lipinski definition) is 4. The highest BCUT2D eigenvalue weighted by Gasteiger charge is 2.45. The molecule has 1 unspecified atom stereocenters. The molecule has 1 atom stereocenters. The molecule has 1 fully saturated rings. The molecule has 1 aliphatic heterocycles. The lowest BCUT2D eigenvalue weighted by atomic mass is 9.95. The second-order valence-corrected chi connectivity index (χ2v) is 7.89. The molecule has 2 heterocycles. The third-order valence-electron chi connectivity index (χ3n) is 5.70. The standard InChI is InChI=1S/C21H29FN6O.HI/c1-3-23-20(24-14-21(10-11-21)16-6-4-5-7-17(16)22)25-15-8-9-19-26-18(13-29-2)27-28(19)12-15;/h4-7,15H,3,8-14H2,1-2H3,(H2,23,24,25);1H. The normalized spacial score (nSPS) is 19.6. The molecule has 2 N–H and O–H groups in total. The van der Waals surface area contributed by atoms with Gasteiger partial charge in [0.2, 0.25) is 0 Å². The molecule has 1 aromatic heterocycles. The first kappa shape index (κ1) is 22.9. The van der Waals surface area contributed by atoms with E-state index in [1.165, 1.54) is 6.07 Å².